The zero-order valence-corrected chi connectivity index (χ0v) is 11.8. The van der Waals surface area contributed by atoms with Gasteiger partial charge >= 0.3 is 5.97 Å². The number of hydrogen-bond donors (Lipinski definition) is 1. The maximum Gasteiger partial charge on any atom is 0.334 e. The topological polar surface area (TPSA) is 57.6 Å². The Bertz CT molecular complexity index is 442. The summed E-state index contributed by atoms with van der Waals surface area (Å²) in [4.78, 5) is 24.8. The maximum atomic E-state index is 12.0. The van der Waals surface area contributed by atoms with E-state index in [0.29, 0.717) is 12.0 Å². The number of carboxylic acid groups (broad SMARTS) is 1. The molecule has 1 amide bonds. The number of carbonyl (C=O) groups excluding carboxylic acids is 1. The van der Waals surface area contributed by atoms with Crippen LogP contribution < -0.4 is 0 Å². The molecule has 0 heterocycles. The van der Waals surface area contributed by atoms with Crippen LogP contribution in [-0.4, -0.2) is 28.4 Å². The zero-order chi connectivity index (χ0) is 14.6. The van der Waals surface area contributed by atoms with Crippen molar-refractivity contribution in [3.05, 3.63) is 35.9 Å². The molecule has 4 heteroatoms. The van der Waals surface area contributed by atoms with E-state index in [9.17, 15) is 14.7 Å². The van der Waals surface area contributed by atoms with E-state index in [1.807, 2.05) is 33.8 Å². The molecule has 0 bridgehead atoms. The molecule has 4 nitrogen and oxygen atoms in total. The van der Waals surface area contributed by atoms with Crippen LogP contribution in [0.2, 0.25) is 0 Å². The first-order valence-corrected chi connectivity index (χ1v) is 6.41. The van der Waals surface area contributed by atoms with Gasteiger partial charge in [-0.3, -0.25) is 4.79 Å². The van der Waals surface area contributed by atoms with E-state index in [4.69, 9.17) is 0 Å². The molecule has 0 radical (unpaired) electrons. The second kappa shape index (κ2) is 5.87. The van der Waals surface area contributed by atoms with Gasteiger partial charge in [0.1, 0.15) is 0 Å². The fraction of sp³-hybridized carbons (Fsp3) is 0.467. The van der Waals surface area contributed by atoms with Gasteiger partial charge in [-0.1, -0.05) is 44.2 Å². The number of amides is 1. The largest absolute Gasteiger partial charge is 0.479 e. The Morgan fingerprint density at radius 2 is 1.74 bits per heavy atom. The van der Waals surface area contributed by atoms with E-state index in [1.54, 1.807) is 24.3 Å². The first-order valence-electron chi connectivity index (χ1n) is 6.41. The molecule has 0 aliphatic heterocycles. The van der Waals surface area contributed by atoms with Gasteiger partial charge in [0.05, 0.1) is 0 Å². The molecule has 0 aliphatic carbocycles. The lowest BCUT2D eigenvalue weighted by Crippen LogP contribution is -2.57. The Hall–Kier alpha value is -1.84. The molecule has 0 saturated heterocycles. The van der Waals surface area contributed by atoms with E-state index < -0.39 is 11.5 Å². The summed E-state index contributed by atoms with van der Waals surface area (Å²) in [7, 11) is 0. The predicted molar refractivity (Wildman–Crippen MR) is 73.6 cm³/mol. The molecule has 1 unspecified atom stereocenters. The molecule has 1 aromatic carbocycles. The number of hydrogen-bond acceptors (Lipinski definition) is 2. The van der Waals surface area contributed by atoms with Crippen LogP contribution in [0, 0.1) is 5.92 Å². The van der Waals surface area contributed by atoms with Crippen molar-refractivity contribution >= 4 is 12.4 Å². The van der Waals surface area contributed by atoms with Gasteiger partial charge in [0, 0.05) is 6.04 Å². The molecular weight excluding hydrogens is 242 g/mol. The summed E-state index contributed by atoms with van der Waals surface area (Å²) in [6.45, 7) is 7.27. The molecule has 1 aromatic rings. The Balaban J connectivity index is 3.56. The minimum Gasteiger partial charge on any atom is -0.479 e. The Labute approximate surface area is 114 Å². The standard InChI is InChI=1S/C15H21NO3/c1-11(2)15(14(18)19,16(10-17)12(3)4)13-8-6-5-7-9-13/h5-12H,1-4H3,(H,18,19). The van der Waals surface area contributed by atoms with Crippen molar-refractivity contribution < 1.29 is 14.7 Å². The van der Waals surface area contributed by atoms with Gasteiger partial charge in [0.15, 0.2) is 5.54 Å². The summed E-state index contributed by atoms with van der Waals surface area (Å²) in [5.41, 5.74) is -0.713. The zero-order valence-electron chi connectivity index (χ0n) is 11.8. The van der Waals surface area contributed by atoms with Gasteiger partial charge in [-0.25, -0.2) is 4.79 Å². The summed E-state index contributed by atoms with van der Waals surface area (Å²) in [6, 6.07) is 8.73. The smallest absolute Gasteiger partial charge is 0.334 e. The van der Waals surface area contributed by atoms with Crippen LogP contribution in [0.1, 0.15) is 33.3 Å². The van der Waals surface area contributed by atoms with Crippen molar-refractivity contribution in [2.24, 2.45) is 5.92 Å². The van der Waals surface area contributed by atoms with Crippen LogP contribution in [0.3, 0.4) is 0 Å². The number of benzene rings is 1. The number of carbonyl (C=O) groups is 2. The first kappa shape index (κ1) is 15.2. The maximum absolute atomic E-state index is 12.0. The monoisotopic (exact) mass is 263 g/mol. The van der Waals surface area contributed by atoms with Crippen molar-refractivity contribution in [3.63, 3.8) is 0 Å². The molecule has 1 N–H and O–H groups in total. The Morgan fingerprint density at radius 1 is 1.21 bits per heavy atom. The van der Waals surface area contributed by atoms with E-state index >= 15 is 0 Å². The molecular formula is C15H21NO3. The minimum absolute atomic E-state index is 0.198. The van der Waals surface area contributed by atoms with Crippen LogP contribution >= 0.6 is 0 Å². The van der Waals surface area contributed by atoms with Crippen LogP contribution in [0.4, 0.5) is 0 Å². The van der Waals surface area contributed by atoms with Crippen molar-refractivity contribution in [3.8, 4) is 0 Å². The number of carboxylic acids is 1. The van der Waals surface area contributed by atoms with Crippen LogP contribution in [0.25, 0.3) is 0 Å². The molecule has 104 valence electrons. The van der Waals surface area contributed by atoms with E-state index in [0.717, 1.165) is 0 Å². The normalized spacial score (nSPS) is 14.2. The average Bonchev–Trinajstić information content (AvgIpc) is 2.35. The van der Waals surface area contributed by atoms with Gasteiger partial charge in [-0.05, 0) is 25.3 Å². The summed E-state index contributed by atoms with van der Waals surface area (Å²) >= 11 is 0. The van der Waals surface area contributed by atoms with Crippen LogP contribution in [-0.2, 0) is 15.1 Å². The molecule has 0 fully saturated rings. The van der Waals surface area contributed by atoms with Gasteiger partial charge < -0.3 is 10.0 Å². The minimum atomic E-state index is -1.34. The number of nitrogens with zero attached hydrogens (tertiary/aromatic N) is 1. The van der Waals surface area contributed by atoms with Crippen LogP contribution in [0.5, 0.6) is 0 Å². The summed E-state index contributed by atoms with van der Waals surface area (Å²) in [6.07, 6.45) is 0.631. The van der Waals surface area contributed by atoms with Gasteiger partial charge in [-0.2, -0.15) is 0 Å². The highest BCUT2D eigenvalue weighted by molar-refractivity contribution is 5.84. The highest BCUT2D eigenvalue weighted by Gasteiger charge is 2.49. The second-order valence-electron chi connectivity index (χ2n) is 5.20. The fourth-order valence-electron chi connectivity index (χ4n) is 2.57. The molecule has 0 aromatic heterocycles. The van der Waals surface area contributed by atoms with Crippen LogP contribution in [0.15, 0.2) is 30.3 Å². The van der Waals surface area contributed by atoms with Gasteiger partial charge in [0.2, 0.25) is 6.41 Å². The van der Waals surface area contributed by atoms with Crippen molar-refractivity contribution in [2.45, 2.75) is 39.3 Å². The van der Waals surface area contributed by atoms with E-state index in [2.05, 4.69) is 0 Å². The summed E-state index contributed by atoms with van der Waals surface area (Å²) in [5.74, 6) is -1.26. The predicted octanol–water partition coefficient (Wildman–Crippen LogP) is 2.49. The average molecular weight is 263 g/mol. The third-order valence-corrected chi connectivity index (χ3v) is 3.45. The Kier molecular flexibility index (Phi) is 4.70. The lowest BCUT2D eigenvalue weighted by Gasteiger charge is -2.44. The SMILES string of the molecule is CC(C)N(C=O)C(C(=O)O)(c1ccccc1)C(C)C. The van der Waals surface area contributed by atoms with E-state index in [1.165, 1.54) is 4.90 Å². The molecule has 1 rings (SSSR count). The van der Waals surface area contributed by atoms with E-state index in [-0.39, 0.29) is 12.0 Å². The third-order valence-electron chi connectivity index (χ3n) is 3.45. The van der Waals surface area contributed by atoms with Gasteiger partial charge in [-0.15, -0.1) is 0 Å². The molecule has 0 saturated carbocycles. The summed E-state index contributed by atoms with van der Waals surface area (Å²) < 4.78 is 0. The van der Waals surface area contributed by atoms with Gasteiger partial charge in [0.25, 0.3) is 0 Å². The van der Waals surface area contributed by atoms with Crippen molar-refractivity contribution in [1.82, 2.24) is 4.90 Å². The number of rotatable bonds is 6. The molecule has 1 atom stereocenters. The second-order valence-corrected chi connectivity index (χ2v) is 5.20. The fourth-order valence-corrected chi connectivity index (χ4v) is 2.57. The molecule has 0 spiro atoms. The molecule has 0 aliphatic rings. The third kappa shape index (κ3) is 2.48. The van der Waals surface area contributed by atoms with Crippen molar-refractivity contribution in [2.75, 3.05) is 0 Å². The first-order chi connectivity index (χ1) is 8.88. The highest BCUT2D eigenvalue weighted by Crippen LogP contribution is 2.37. The molecule has 19 heavy (non-hydrogen) atoms. The lowest BCUT2D eigenvalue weighted by atomic mass is 9.77. The Morgan fingerprint density at radius 3 is 2.05 bits per heavy atom. The highest BCUT2D eigenvalue weighted by atomic mass is 16.4. The van der Waals surface area contributed by atoms with Crippen molar-refractivity contribution in [1.29, 1.82) is 0 Å². The summed E-state index contributed by atoms with van der Waals surface area (Å²) in [5, 5.41) is 9.80. The number of aliphatic carboxylic acids is 1. The quantitative estimate of drug-likeness (QED) is 0.802. The lowest BCUT2D eigenvalue weighted by molar-refractivity contribution is -0.162.